The van der Waals surface area contributed by atoms with Crippen molar-refractivity contribution in [3.63, 3.8) is 0 Å². The Bertz CT molecular complexity index is 1000. The van der Waals surface area contributed by atoms with E-state index in [-0.39, 0.29) is 24.0 Å². The average molecular weight is 434 g/mol. The lowest BCUT2D eigenvalue weighted by molar-refractivity contribution is 0.0676. The Hall–Kier alpha value is -2.74. The van der Waals surface area contributed by atoms with E-state index in [0.29, 0.717) is 35.8 Å². The largest absolute Gasteiger partial charge is 0.493 e. The number of amides is 1. The van der Waals surface area contributed by atoms with E-state index in [2.05, 4.69) is 0 Å². The van der Waals surface area contributed by atoms with Crippen molar-refractivity contribution in [2.45, 2.75) is 25.9 Å². The molecule has 3 rings (SSSR count). The summed E-state index contributed by atoms with van der Waals surface area (Å²) in [7, 11) is -0.0571. The molecule has 30 heavy (non-hydrogen) atoms. The second kappa shape index (κ2) is 9.38. The number of carbonyl (C=O) groups excluding carboxylic acids is 1. The number of hydrogen-bond acceptors (Lipinski definition) is 6. The van der Waals surface area contributed by atoms with Crippen LogP contribution in [0.5, 0.6) is 17.2 Å². The maximum absolute atomic E-state index is 13.5. The number of ether oxygens (including phenoxy) is 3. The summed E-state index contributed by atoms with van der Waals surface area (Å²) in [4.78, 5) is 15.1. The summed E-state index contributed by atoms with van der Waals surface area (Å²) in [5, 5.41) is 0. The van der Waals surface area contributed by atoms with Gasteiger partial charge in [0.1, 0.15) is 5.75 Å². The highest BCUT2D eigenvalue weighted by Crippen LogP contribution is 2.30. The third kappa shape index (κ3) is 4.87. The predicted molar refractivity (Wildman–Crippen MR) is 114 cm³/mol. The standard InChI is InChI=1S/C22H27NO6S/c1-4-29-19-8-6-5-7-18(19)22(24)23(17-11-12-30(25,26)15-17)14-16-9-10-20(27-2)21(13-16)28-3/h5-10,13,17H,4,11-12,14-15H2,1-3H3. The van der Waals surface area contributed by atoms with E-state index >= 15 is 0 Å². The smallest absolute Gasteiger partial charge is 0.258 e. The molecule has 1 aliphatic rings. The summed E-state index contributed by atoms with van der Waals surface area (Å²) in [5.74, 6) is 1.42. The molecule has 1 amide bonds. The van der Waals surface area contributed by atoms with Crippen LogP contribution in [-0.4, -0.2) is 57.6 Å². The number of nitrogens with zero attached hydrogens (tertiary/aromatic N) is 1. The van der Waals surface area contributed by atoms with Crippen molar-refractivity contribution in [1.29, 1.82) is 0 Å². The van der Waals surface area contributed by atoms with Crippen molar-refractivity contribution in [3.05, 3.63) is 53.6 Å². The van der Waals surface area contributed by atoms with E-state index in [9.17, 15) is 13.2 Å². The highest BCUT2D eigenvalue weighted by Gasteiger charge is 2.36. The fourth-order valence-corrected chi connectivity index (χ4v) is 5.37. The van der Waals surface area contributed by atoms with Gasteiger partial charge in [-0.05, 0) is 43.2 Å². The minimum Gasteiger partial charge on any atom is -0.493 e. The third-order valence-corrected chi connectivity index (χ3v) is 6.88. The number of rotatable bonds is 8. The van der Waals surface area contributed by atoms with Crippen molar-refractivity contribution < 1.29 is 27.4 Å². The van der Waals surface area contributed by atoms with Crippen LogP contribution in [0.25, 0.3) is 0 Å². The van der Waals surface area contributed by atoms with Gasteiger partial charge in [-0.1, -0.05) is 18.2 Å². The predicted octanol–water partition coefficient (Wildman–Crippen LogP) is 2.93. The van der Waals surface area contributed by atoms with E-state index in [1.54, 1.807) is 55.5 Å². The molecule has 2 aromatic carbocycles. The lowest BCUT2D eigenvalue weighted by Crippen LogP contribution is -2.40. The van der Waals surface area contributed by atoms with Gasteiger partial charge in [0.05, 0.1) is 37.9 Å². The summed E-state index contributed by atoms with van der Waals surface area (Å²) in [6, 6.07) is 12.1. The molecule has 0 aliphatic carbocycles. The SMILES string of the molecule is CCOc1ccccc1C(=O)N(Cc1ccc(OC)c(OC)c1)C1CCS(=O)(=O)C1. The second-order valence-electron chi connectivity index (χ2n) is 7.11. The minimum absolute atomic E-state index is 0.0389. The Morgan fingerprint density at radius 1 is 1.07 bits per heavy atom. The van der Waals surface area contributed by atoms with Gasteiger partial charge in [-0.25, -0.2) is 8.42 Å². The number of para-hydroxylation sites is 1. The molecule has 0 saturated carbocycles. The number of hydrogen-bond donors (Lipinski definition) is 0. The molecule has 0 aromatic heterocycles. The molecule has 8 heteroatoms. The van der Waals surface area contributed by atoms with Gasteiger partial charge in [0.15, 0.2) is 21.3 Å². The molecule has 1 saturated heterocycles. The Balaban J connectivity index is 1.97. The number of carbonyl (C=O) groups is 1. The first-order valence-electron chi connectivity index (χ1n) is 9.82. The summed E-state index contributed by atoms with van der Waals surface area (Å²) >= 11 is 0. The molecule has 162 valence electrons. The summed E-state index contributed by atoms with van der Waals surface area (Å²) in [6.45, 7) is 2.53. The molecule has 1 atom stereocenters. The third-order valence-electron chi connectivity index (χ3n) is 5.13. The van der Waals surface area contributed by atoms with E-state index < -0.39 is 15.9 Å². The average Bonchev–Trinajstić information content (AvgIpc) is 3.11. The van der Waals surface area contributed by atoms with Crippen LogP contribution in [-0.2, 0) is 16.4 Å². The monoisotopic (exact) mass is 433 g/mol. The molecule has 0 bridgehead atoms. The zero-order chi connectivity index (χ0) is 21.7. The molecule has 1 aliphatic heterocycles. The first kappa shape index (κ1) is 22.0. The highest BCUT2D eigenvalue weighted by atomic mass is 32.2. The van der Waals surface area contributed by atoms with Gasteiger partial charge >= 0.3 is 0 Å². The molecule has 0 N–H and O–H groups in total. The number of sulfone groups is 1. The van der Waals surface area contributed by atoms with Crippen molar-refractivity contribution in [1.82, 2.24) is 4.90 Å². The molecule has 0 radical (unpaired) electrons. The van der Waals surface area contributed by atoms with Crippen LogP contribution in [0, 0.1) is 0 Å². The van der Waals surface area contributed by atoms with Crippen LogP contribution < -0.4 is 14.2 Å². The van der Waals surface area contributed by atoms with Crippen LogP contribution >= 0.6 is 0 Å². The summed E-state index contributed by atoms with van der Waals surface area (Å²) in [5.41, 5.74) is 1.24. The minimum atomic E-state index is -3.16. The van der Waals surface area contributed by atoms with Gasteiger partial charge in [0.25, 0.3) is 5.91 Å². The van der Waals surface area contributed by atoms with Crippen molar-refractivity contribution >= 4 is 15.7 Å². The first-order valence-corrected chi connectivity index (χ1v) is 11.6. The molecule has 1 unspecified atom stereocenters. The fraction of sp³-hybridized carbons (Fsp3) is 0.409. The summed E-state index contributed by atoms with van der Waals surface area (Å²) in [6.07, 6.45) is 0.415. The van der Waals surface area contributed by atoms with Gasteiger partial charge in [-0.3, -0.25) is 4.79 Å². The van der Waals surface area contributed by atoms with Crippen LogP contribution in [0.15, 0.2) is 42.5 Å². The molecule has 0 spiro atoms. The number of benzene rings is 2. The fourth-order valence-electron chi connectivity index (χ4n) is 3.64. The molecule has 2 aromatic rings. The lowest BCUT2D eigenvalue weighted by atomic mass is 10.1. The quantitative estimate of drug-likeness (QED) is 0.637. The van der Waals surface area contributed by atoms with Gasteiger partial charge in [-0.2, -0.15) is 0 Å². The Morgan fingerprint density at radius 3 is 2.43 bits per heavy atom. The maximum atomic E-state index is 13.5. The van der Waals surface area contributed by atoms with E-state index in [4.69, 9.17) is 14.2 Å². The molecule has 1 fully saturated rings. The van der Waals surface area contributed by atoms with Crippen molar-refractivity contribution in [2.75, 3.05) is 32.3 Å². The highest BCUT2D eigenvalue weighted by molar-refractivity contribution is 7.91. The van der Waals surface area contributed by atoms with E-state index in [1.807, 2.05) is 13.0 Å². The summed E-state index contributed by atoms with van der Waals surface area (Å²) < 4.78 is 40.5. The van der Waals surface area contributed by atoms with Crippen LogP contribution in [0.1, 0.15) is 29.3 Å². The van der Waals surface area contributed by atoms with Gasteiger partial charge in [-0.15, -0.1) is 0 Å². The van der Waals surface area contributed by atoms with Gasteiger partial charge < -0.3 is 19.1 Å². The van der Waals surface area contributed by atoms with E-state index in [1.165, 1.54) is 0 Å². The van der Waals surface area contributed by atoms with Crippen LogP contribution in [0.2, 0.25) is 0 Å². The number of methoxy groups -OCH3 is 2. The first-order chi connectivity index (χ1) is 14.4. The molecular formula is C22H27NO6S. The van der Waals surface area contributed by atoms with Crippen LogP contribution in [0.3, 0.4) is 0 Å². The molecular weight excluding hydrogens is 406 g/mol. The van der Waals surface area contributed by atoms with Crippen molar-refractivity contribution in [3.8, 4) is 17.2 Å². The Morgan fingerprint density at radius 2 is 1.80 bits per heavy atom. The molecule has 7 nitrogen and oxygen atoms in total. The van der Waals surface area contributed by atoms with Gasteiger partial charge in [0, 0.05) is 12.6 Å². The second-order valence-corrected chi connectivity index (χ2v) is 9.34. The maximum Gasteiger partial charge on any atom is 0.258 e. The molecule has 1 heterocycles. The van der Waals surface area contributed by atoms with Crippen molar-refractivity contribution in [2.24, 2.45) is 0 Å². The zero-order valence-electron chi connectivity index (χ0n) is 17.5. The van der Waals surface area contributed by atoms with Crippen LogP contribution in [0.4, 0.5) is 0 Å². The lowest BCUT2D eigenvalue weighted by Gasteiger charge is -2.29. The van der Waals surface area contributed by atoms with E-state index in [0.717, 1.165) is 5.56 Å². The normalized spacial score (nSPS) is 17.4. The Labute approximate surface area is 177 Å². The Kier molecular flexibility index (Phi) is 6.87. The zero-order valence-corrected chi connectivity index (χ0v) is 18.3. The van der Waals surface area contributed by atoms with Gasteiger partial charge in [0.2, 0.25) is 0 Å². The topological polar surface area (TPSA) is 82.1 Å².